The van der Waals surface area contributed by atoms with Crippen LogP contribution >= 0.6 is 0 Å². The summed E-state index contributed by atoms with van der Waals surface area (Å²) in [5, 5.41) is 0. The summed E-state index contributed by atoms with van der Waals surface area (Å²) in [6.45, 7) is 0.277. The Hall–Kier alpha value is -0.740. The molecule has 1 unspecified atom stereocenters. The van der Waals surface area contributed by atoms with E-state index in [4.69, 9.17) is 0 Å². The van der Waals surface area contributed by atoms with Gasteiger partial charge in [0.25, 0.3) is 0 Å². The van der Waals surface area contributed by atoms with Crippen LogP contribution in [0.25, 0.3) is 0 Å². The van der Waals surface area contributed by atoms with Crippen LogP contribution in [-0.2, 0) is 4.79 Å². The minimum Gasteiger partial charge on any atom is -0.330 e. The molecule has 1 aliphatic carbocycles. The predicted octanol–water partition coefficient (Wildman–Crippen LogP) is 2.73. The highest BCUT2D eigenvalue weighted by Gasteiger charge is 2.47. The van der Waals surface area contributed by atoms with Gasteiger partial charge in [0.05, 0.1) is 0 Å². The molecule has 1 aliphatic heterocycles. The normalized spacial score (nSPS) is 27.7. The van der Waals surface area contributed by atoms with Gasteiger partial charge in [-0.2, -0.15) is 13.2 Å². The topological polar surface area (TPSA) is 20.3 Å². The molecule has 1 amide bonds. The van der Waals surface area contributed by atoms with Gasteiger partial charge in [-0.15, -0.1) is 0 Å². The molecular weight excluding hydrogens is 219 g/mol. The number of piperidine rings is 1. The third-order valence-electron chi connectivity index (χ3n) is 3.62. The molecule has 0 spiro atoms. The molecule has 2 rings (SSSR count). The maximum absolute atomic E-state index is 12.7. The van der Waals surface area contributed by atoms with Gasteiger partial charge in [0.2, 0.25) is 5.91 Å². The van der Waals surface area contributed by atoms with Gasteiger partial charge in [-0.25, -0.2) is 0 Å². The van der Waals surface area contributed by atoms with E-state index in [2.05, 4.69) is 0 Å². The first-order chi connectivity index (χ1) is 7.50. The maximum Gasteiger partial charge on any atom is 0.408 e. The predicted molar refractivity (Wildman–Crippen MR) is 52.7 cm³/mol. The molecular formula is C11H16F3NO. The van der Waals surface area contributed by atoms with Gasteiger partial charge in [-0.3, -0.25) is 4.79 Å². The lowest BCUT2D eigenvalue weighted by atomic mass is 9.83. The number of halogens is 3. The summed E-state index contributed by atoms with van der Waals surface area (Å²) in [4.78, 5) is 12.9. The van der Waals surface area contributed by atoms with Gasteiger partial charge in [0, 0.05) is 12.5 Å². The summed E-state index contributed by atoms with van der Waals surface area (Å²) in [6.07, 6.45) is -0.424. The number of carbonyl (C=O) groups is 1. The van der Waals surface area contributed by atoms with Gasteiger partial charge < -0.3 is 4.90 Å². The fourth-order valence-electron chi connectivity index (χ4n) is 2.43. The van der Waals surface area contributed by atoms with Crippen molar-refractivity contribution in [3.05, 3.63) is 0 Å². The van der Waals surface area contributed by atoms with E-state index in [9.17, 15) is 18.0 Å². The van der Waals surface area contributed by atoms with Crippen molar-refractivity contribution in [2.75, 3.05) is 6.54 Å². The molecule has 1 saturated heterocycles. The SMILES string of the molecule is O=C(C1CCC1)N1CCCCC1C(F)(F)F. The summed E-state index contributed by atoms with van der Waals surface area (Å²) < 4.78 is 38.2. The fourth-order valence-corrected chi connectivity index (χ4v) is 2.43. The van der Waals surface area contributed by atoms with E-state index < -0.39 is 12.2 Å². The molecule has 0 radical (unpaired) electrons. The highest BCUT2D eigenvalue weighted by molar-refractivity contribution is 5.80. The molecule has 1 saturated carbocycles. The molecule has 2 aliphatic rings. The fraction of sp³-hybridized carbons (Fsp3) is 0.909. The molecule has 2 nitrogen and oxygen atoms in total. The Bertz CT molecular complexity index is 273. The monoisotopic (exact) mass is 235 g/mol. The summed E-state index contributed by atoms with van der Waals surface area (Å²) in [6, 6.07) is -1.53. The van der Waals surface area contributed by atoms with Crippen LogP contribution in [0.3, 0.4) is 0 Å². The highest BCUT2D eigenvalue weighted by atomic mass is 19.4. The third kappa shape index (κ3) is 2.18. The van der Waals surface area contributed by atoms with Crippen LogP contribution in [0.5, 0.6) is 0 Å². The van der Waals surface area contributed by atoms with Crippen LogP contribution in [-0.4, -0.2) is 29.6 Å². The van der Waals surface area contributed by atoms with Gasteiger partial charge in [-0.05, 0) is 32.1 Å². The Morgan fingerprint density at radius 2 is 1.75 bits per heavy atom. The van der Waals surface area contributed by atoms with Crippen molar-refractivity contribution in [1.29, 1.82) is 0 Å². The largest absolute Gasteiger partial charge is 0.408 e. The molecule has 0 aromatic carbocycles. The maximum atomic E-state index is 12.7. The van der Waals surface area contributed by atoms with Crippen molar-refractivity contribution >= 4 is 5.91 Å². The third-order valence-corrected chi connectivity index (χ3v) is 3.62. The average molecular weight is 235 g/mol. The molecule has 1 heterocycles. The number of alkyl halides is 3. The molecule has 1 atom stereocenters. The Morgan fingerprint density at radius 3 is 2.25 bits per heavy atom. The van der Waals surface area contributed by atoms with E-state index in [1.54, 1.807) is 0 Å². The molecule has 16 heavy (non-hydrogen) atoms. The van der Waals surface area contributed by atoms with Gasteiger partial charge >= 0.3 is 6.18 Å². The number of hydrogen-bond donors (Lipinski definition) is 0. The highest BCUT2D eigenvalue weighted by Crippen LogP contribution is 2.36. The number of likely N-dealkylation sites (tertiary alicyclic amines) is 1. The quantitative estimate of drug-likeness (QED) is 0.684. The van der Waals surface area contributed by atoms with E-state index in [-0.39, 0.29) is 24.8 Å². The van der Waals surface area contributed by atoms with E-state index in [1.807, 2.05) is 0 Å². The smallest absolute Gasteiger partial charge is 0.330 e. The minimum atomic E-state index is -4.26. The lowest BCUT2D eigenvalue weighted by molar-refractivity contribution is -0.198. The minimum absolute atomic E-state index is 0.0714. The van der Waals surface area contributed by atoms with Crippen LogP contribution in [0.2, 0.25) is 0 Å². The number of amides is 1. The summed E-state index contributed by atoms with van der Waals surface area (Å²) >= 11 is 0. The zero-order valence-electron chi connectivity index (χ0n) is 9.09. The van der Waals surface area contributed by atoms with Crippen LogP contribution in [0.1, 0.15) is 38.5 Å². The number of nitrogens with zero attached hydrogens (tertiary/aromatic N) is 1. The van der Waals surface area contributed by atoms with E-state index in [0.717, 1.165) is 24.2 Å². The van der Waals surface area contributed by atoms with Gasteiger partial charge in [0.15, 0.2) is 0 Å². The zero-order chi connectivity index (χ0) is 11.8. The lowest BCUT2D eigenvalue weighted by Gasteiger charge is -2.40. The Balaban J connectivity index is 2.06. The second-order valence-electron chi connectivity index (χ2n) is 4.71. The first-order valence-electron chi connectivity index (χ1n) is 5.87. The summed E-state index contributed by atoms with van der Waals surface area (Å²) in [5.74, 6) is -0.406. The number of carbonyl (C=O) groups excluding carboxylic acids is 1. The Morgan fingerprint density at radius 1 is 1.06 bits per heavy atom. The van der Waals surface area contributed by atoms with E-state index in [1.165, 1.54) is 0 Å². The molecule has 0 aromatic heterocycles. The van der Waals surface area contributed by atoms with Crippen LogP contribution < -0.4 is 0 Å². The number of rotatable bonds is 1. The van der Waals surface area contributed by atoms with E-state index in [0.29, 0.717) is 12.8 Å². The summed E-state index contributed by atoms with van der Waals surface area (Å²) in [5.41, 5.74) is 0. The first kappa shape index (κ1) is 11.7. The molecule has 5 heteroatoms. The molecule has 2 fully saturated rings. The van der Waals surface area contributed by atoms with Crippen molar-refractivity contribution < 1.29 is 18.0 Å². The van der Waals surface area contributed by atoms with Gasteiger partial charge in [-0.1, -0.05) is 6.42 Å². The van der Waals surface area contributed by atoms with Crippen LogP contribution in [0, 0.1) is 5.92 Å². The van der Waals surface area contributed by atoms with Crippen molar-refractivity contribution in [3.8, 4) is 0 Å². The molecule has 0 bridgehead atoms. The second kappa shape index (κ2) is 4.26. The molecule has 0 aromatic rings. The molecule has 92 valence electrons. The summed E-state index contributed by atoms with van der Waals surface area (Å²) in [7, 11) is 0. The lowest BCUT2D eigenvalue weighted by Crippen LogP contribution is -2.53. The Labute approximate surface area is 92.8 Å². The Kier molecular flexibility index (Phi) is 3.13. The van der Waals surface area contributed by atoms with Gasteiger partial charge in [0.1, 0.15) is 6.04 Å². The first-order valence-corrected chi connectivity index (χ1v) is 5.87. The second-order valence-corrected chi connectivity index (χ2v) is 4.71. The van der Waals surface area contributed by atoms with E-state index >= 15 is 0 Å². The van der Waals surface area contributed by atoms with Crippen LogP contribution in [0.4, 0.5) is 13.2 Å². The average Bonchev–Trinajstić information content (AvgIpc) is 2.13. The molecule has 0 N–H and O–H groups in total. The number of hydrogen-bond acceptors (Lipinski definition) is 1. The van der Waals surface area contributed by atoms with Crippen molar-refractivity contribution in [2.45, 2.75) is 50.7 Å². The van der Waals surface area contributed by atoms with Crippen molar-refractivity contribution in [1.82, 2.24) is 4.90 Å². The van der Waals surface area contributed by atoms with Crippen molar-refractivity contribution in [2.24, 2.45) is 5.92 Å². The standard InChI is InChI=1S/C11H16F3NO/c12-11(13,14)9-6-1-2-7-15(9)10(16)8-4-3-5-8/h8-9H,1-7H2. The van der Waals surface area contributed by atoms with Crippen molar-refractivity contribution in [3.63, 3.8) is 0 Å². The van der Waals surface area contributed by atoms with Crippen LogP contribution in [0.15, 0.2) is 0 Å². The zero-order valence-corrected chi connectivity index (χ0v) is 9.09.